The molecule has 2 N–H and O–H groups in total. The van der Waals surface area contributed by atoms with E-state index in [1.807, 2.05) is 0 Å². The van der Waals surface area contributed by atoms with Gasteiger partial charge >= 0.3 is 5.97 Å². The summed E-state index contributed by atoms with van der Waals surface area (Å²) in [7, 11) is 0. The predicted molar refractivity (Wildman–Crippen MR) is 116 cm³/mol. The van der Waals surface area contributed by atoms with E-state index in [1.165, 1.54) is 19.1 Å². The molecule has 0 spiro atoms. The number of carbonyl (C=O) groups is 2. The predicted octanol–water partition coefficient (Wildman–Crippen LogP) is 6.02. The van der Waals surface area contributed by atoms with Crippen molar-refractivity contribution in [3.8, 4) is 5.75 Å². The summed E-state index contributed by atoms with van der Waals surface area (Å²) in [5, 5.41) is 20.0. The van der Waals surface area contributed by atoms with Gasteiger partial charge in [0, 0.05) is 27.7 Å². The van der Waals surface area contributed by atoms with Gasteiger partial charge in [0.2, 0.25) is 0 Å². The topological polar surface area (TPSA) is 79.5 Å². The van der Waals surface area contributed by atoms with Crippen molar-refractivity contribution in [3.05, 3.63) is 63.8 Å². The SMILES string of the molecule is Cc1c(C(CC2CCCC2)C(=O)O)c2c(F)c(O)c(F)cc2n1C(=O)c1cccc(Cl)c1. The Kier molecular flexibility index (Phi) is 5.95. The third kappa shape index (κ3) is 3.75. The Hall–Kier alpha value is -2.93. The quantitative estimate of drug-likeness (QED) is 0.486. The maximum Gasteiger partial charge on any atom is 0.311 e. The number of hydrogen-bond acceptors (Lipinski definition) is 3. The van der Waals surface area contributed by atoms with Crippen molar-refractivity contribution in [1.29, 1.82) is 0 Å². The fraction of sp³-hybridized carbons (Fsp3) is 0.333. The summed E-state index contributed by atoms with van der Waals surface area (Å²) in [5.74, 6) is -6.40. The third-order valence-electron chi connectivity index (χ3n) is 6.37. The zero-order chi connectivity index (χ0) is 23.2. The van der Waals surface area contributed by atoms with Gasteiger partial charge in [-0.15, -0.1) is 0 Å². The zero-order valence-corrected chi connectivity index (χ0v) is 18.1. The summed E-state index contributed by atoms with van der Waals surface area (Å²) < 4.78 is 30.6. The molecule has 4 rings (SSSR count). The van der Waals surface area contributed by atoms with E-state index in [0.717, 1.165) is 36.3 Å². The summed E-state index contributed by atoms with van der Waals surface area (Å²) in [6.45, 7) is 1.51. The molecule has 32 heavy (non-hydrogen) atoms. The van der Waals surface area contributed by atoms with Crippen LogP contribution in [0.3, 0.4) is 0 Å². The molecule has 1 fully saturated rings. The van der Waals surface area contributed by atoms with E-state index in [1.54, 1.807) is 12.1 Å². The number of benzene rings is 2. The van der Waals surface area contributed by atoms with Crippen LogP contribution in [0, 0.1) is 24.5 Å². The van der Waals surface area contributed by atoms with Gasteiger partial charge < -0.3 is 10.2 Å². The number of fused-ring (bicyclic) bond motifs is 1. The lowest BCUT2D eigenvalue weighted by atomic mass is 9.86. The Balaban J connectivity index is 1.98. The van der Waals surface area contributed by atoms with Crippen LogP contribution in [0.15, 0.2) is 30.3 Å². The van der Waals surface area contributed by atoms with Gasteiger partial charge in [0.1, 0.15) is 0 Å². The highest BCUT2D eigenvalue weighted by atomic mass is 35.5. The fourth-order valence-corrected chi connectivity index (χ4v) is 5.06. The highest BCUT2D eigenvalue weighted by molar-refractivity contribution is 6.31. The van der Waals surface area contributed by atoms with Crippen molar-refractivity contribution in [2.24, 2.45) is 5.92 Å². The summed E-state index contributed by atoms with van der Waals surface area (Å²) >= 11 is 6.01. The molecule has 0 bridgehead atoms. The molecule has 3 aromatic rings. The average Bonchev–Trinajstić information content (AvgIpc) is 3.35. The monoisotopic (exact) mass is 461 g/mol. The molecule has 1 aliphatic rings. The summed E-state index contributed by atoms with van der Waals surface area (Å²) in [5.41, 5.74) is 0.329. The molecule has 0 radical (unpaired) electrons. The molecule has 1 saturated carbocycles. The van der Waals surface area contributed by atoms with E-state index >= 15 is 4.39 Å². The van der Waals surface area contributed by atoms with Crippen LogP contribution in [0.2, 0.25) is 5.02 Å². The number of aromatic nitrogens is 1. The second kappa shape index (κ2) is 8.54. The molecule has 8 heteroatoms. The minimum absolute atomic E-state index is 0.0857. The highest BCUT2D eigenvalue weighted by Crippen LogP contribution is 2.42. The first-order valence-corrected chi connectivity index (χ1v) is 10.8. The number of aromatic hydroxyl groups is 1. The molecule has 1 heterocycles. The molecular formula is C24H22ClF2NO4. The van der Waals surface area contributed by atoms with E-state index in [-0.39, 0.29) is 40.1 Å². The number of nitrogens with zero attached hydrogens (tertiary/aromatic N) is 1. The number of carboxylic acids is 1. The smallest absolute Gasteiger partial charge is 0.311 e. The Morgan fingerprint density at radius 3 is 2.53 bits per heavy atom. The van der Waals surface area contributed by atoms with Crippen molar-refractivity contribution in [2.75, 3.05) is 0 Å². The molecular weight excluding hydrogens is 440 g/mol. The molecule has 1 atom stereocenters. The molecule has 1 unspecified atom stereocenters. The van der Waals surface area contributed by atoms with Crippen LogP contribution in [0.5, 0.6) is 5.75 Å². The number of phenols is 1. The van der Waals surface area contributed by atoms with Crippen LogP contribution in [-0.4, -0.2) is 26.7 Å². The minimum atomic E-state index is -1.27. The van der Waals surface area contributed by atoms with Gasteiger partial charge in [-0.2, -0.15) is 0 Å². The van der Waals surface area contributed by atoms with Crippen LogP contribution < -0.4 is 0 Å². The van der Waals surface area contributed by atoms with Gasteiger partial charge in [0.25, 0.3) is 5.91 Å². The maximum atomic E-state index is 15.2. The molecule has 0 aliphatic heterocycles. The van der Waals surface area contributed by atoms with Gasteiger partial charge in [0.05, 0.1) is 11.4 Å². The maximum absolute atomic E-state index is 15.2. The first-order chi connectivity index (χ1) is 15.2. The molecule has 168 valence electrons. The largest absolute Gasteiger partial charge is 0.503 e. The van der Waals surface area contributed by atoms with Crippen LogP contribution in [-0.2, 0) is 4.79 Å². The van der Waals surface area contributed by atoms with Gasteiger partial charge in [-0.25, -0.2) is 8.78 Å². The first-order valence-electron chi connectivity index (χ1n) is 10.5. The van der Waals surface area contributed by atoms with Crippen molar-refractivity contribution in [2.45, 2.75) is 44.9 Å². The second-order valence-corrected chi connectivity index (χ2v) is 8.78. The summed E-state index contributed by atoms with van der Waals surface area (Å²) in [4.78, 5) is 25.6. The summed E-state index contributed by atoms with van der Waals surface area (Å²) in [6, 6.07) is 6.96. The lowest BCUT2D eigenvalue weighted by Gasteiger charge is -2.18. The average molecular weight is 462 g/mol. The van der Waals surface area contributed by atoms with Gasteiger partial charge in [0.15, 0.2) is 17.4 Å². The number of aliphatic carboxylic acids is 1. The Bertz CT molecular complexity index is 1230. The van der Waals surface area contributed by atoms with Crippen LogP contribution in [0.4, 0.5) is 8.78 Å². The second-order valence-electron chi connectivity index (χ2n) is 8.34. The van der Waals surface area contributed by atoms with Crippen LogP contribution in [0.1, 0.15) is 59.6 Å². The number of rotatable bonds is 5. The van der Waals surface area contributed by atoms with E-state index in [9.17, 15) is 24.2 Å². The number of carbonyl (C=O) groups excluding carboxylic acids is 1. The van der Waals surface area contributed by atoms with Gasteiger partial charge in [-0.3, -0.25) is 14.2 Å². The first kappa shape index (κ1) is 22.3. The molecule has 1 aliphatic carbocycles. The molecule has 0 amide bonds. The fourth-order valence-electron chi connectivity index (χ4n) is 4.87. The lowest BCUT2D eigenvalue weighted by molar-refractivity contribution is -0.139. The third-order valence-corrected chi connectivity index (χ3v) is 6.61. The van der Waals surface area contributed by atoms with E-state index in [4.69, 9.17) is 11.6 Å². The Morgan fingerprint density at radius 2 is 1.91 bits per heavy atom. The van der Waals surface area contributed by atoms with E-state index < -0.39 is 35.2 Å². The molecule has 1 aromatic heterocycles. The molecule has 5 nitrogen and oxygen atoms in total. The van der Waals surface area contributed by atoms with E-state index in [2.05, 4.69) is 0 Å². The van der Waals surface area contributed by atoms with Crippen LogP contribution >= 0.6 is 11.6 Å². The zero-order valence-electron chi connectivity index (χ0n) is 17.4. The molecule has 0 saturated heterocycles. The van der Waals surface area contributed by atoms with E-state index in [0.29, 0.717) is 5.02 Å². The normalized spacial score (nSPS) is 15.4. The van der Waals surface area contributed by atoms with Crippen molar-refractivity contribution in [1.82, 2.24) is 4.57 Å². The van der Waals surface area contributed by atoms with Crippen LogP contribution in [0.25, 0.3) is 10.9 Å². The van der Waals surface area contributed by atoms with Gasteiger partial charge in [-0.05, 0) is 43.0 Å². The Morgan fingerprint density at radius 1 is 1.22 bits per heavy atom. The number of phenolic OH excluding ortho intramolecular Hbond substituents is 1. The standard InChI is InChI=1S/C24H22ClF2NO4/c1-12-19(16(24(31)32)9-13-5-2-3-6-13)20-18(11-17(26)22(29)21(20)27)28(12)23(30)14-7-4-8-15(25)10-14/h4,7-8,10-11,13,16,29H,2-3,5-6,9H2,1H3,(H,31,32). The lowest BCUT2D eigenvalue weighted by Crippen LogP contribution is -2.18. The van der Waals surface area contributed by atoms with Gasteiger partial charge in [-0.1, -0.05) is 43.4 Å². The van der Waals surface area contributed by atoms with Crippen molar-refractivity contribution in [3.63, 3.8) is 0 Å². The van der Waals surface area contributed by atoms with Crippen molar-refractivity contribution >= 4 is 34.4 Å². The number of carboxylic acid groups (broad SMARTS) is 1. The number of halogens is 3. The number of hydrogen-bond donors (Lipinski definition) is 2. The molecule has 2 aromatic carbocycles. The van der Waals surface area contributed by atoms with Crippen molar-refractivity contribution < 1.29 is 28.6 Å². The Labute approximate surface area is 188 Å². The summed E-state index contributed by atoms with van der Waals surface area (Å²) in [6.07, 6.45) is 4.05. The minimum Gasteiger partial charge on any atom is -0.503 e. The highest BCUT2D eigenvalue weighted by Gasteiger charge is 2.34.